The molecule has 0 bridgehead atoms. The second kappa shape index (κ2) is 5.26. The number of carbonyl (C=O) groups is 1. The highest BCUT2D eigenvalue weighted by Gasteiger charge is 2.30. The van der Waals surface area contributed by atoms with E-state index in [1.807, 2.05) is 30.3 Å². The van der Waals surface area contributed by atoms with E-state index in [0.29, 0.717) is 17.5 Å². The van der Waals surface area contributed by atoms with E-state index in [1.165, 1.54) is 0 Å². The second-order valence-electron chi connectivity index (χ2n) is 4.98. The molecule has 3 rings (SSSR count). The van der Waals surface area contributed by atoms with Gasteiger partial charge < -0.3 is 4.74 Å². The first-order valence-corrected chi connectivity index (χ1v) is 6.67. The molecule has 3 heteroatoms. The molecule has 0 amide bonds. The predicted molar refractivity (Wildman–Crippen MR) is 79.4 cm³/mol. The van der Waals surface area contributed by atoms with Crippen LogP contribution in [0.2, 0.25) is 0 Å². The van der Waals surface area contributed by atoms with Crippen molar-refractivity contribution in [1.82, 2.24) is 0 Å². The summed E-state index contributed by atoms with van der Waals surface area (Å²) in [6, 6.07) is 16.8. The molecule has 2 aromatic rings. The fourth-order valence-corrected chi connectivity index (χ4v) is 2.49. The van der Waals surface area contributed by atoms with Crippen molar-refractivity contribution < 1.29 is 9.53 Å². The molecule has 0 saturated carbocycles. The highest BCUT2D eigenvalue weighted by molar-refractivity contribution is 5.94. The van der Waals surface area contributed by atoms with E-state index in [0.717, 1.165) is 16.7 Å². The lowest BCUT2D eigenvalue weighted by molar-refractivity contribution is 0.0396. The van der Waals surface area contributed by atoms with Crippen LogP contribution in [0, 0.1) is 11.3 Å². The molecule has 0 saturated heterocycles. The molecule has 0 aliphatic carbocycles. The van der Waals surface area contributed by atoms with Crippen LogP contribution in [0.4, 0.5) is 0 Å². The number of nitriles is 1. The lowest BCUT2D eigenvalue weighted by Crippen LogP contribution is -2.00. The molecule has 3 nitrogen and oxygen atoms in total. The highest BCUT2D eigenvalue weighted by atomic mass is 16.5. The van der Waals surface area contributed by atoms with Crippen molar-refractivity contribution in [2.24, 2.45) is 0 Å². The van der Waals surface area contributed by atoms with Crippen LogP contribution < -0.4 is 0 Å². The van der Waals surface area contributed by atoms with Gasteiger partial charge >= 0.3 is 5.97 Å². The number of esters is 1. The third kappa shape index (κ3) is 2.44. The van der Waals surface area contributed by atoms with Gasteiger partial charge in [0.25, 0.3) is 0 Å². The van der Waals surface area contributed by atoms with Gasteiger partial charge in [-0.1, -0.05) is 36.9 Å². The number of hydrogen-bond donors (Lipinski definition) is 0. The van der Waals surface area contributed by atoms with E-state index >= 15 is 0 Å². The van der Waals surface area contributed by atoms with Gasteiger partial charge in [0, 0.05) is 12.0 Å². The van der Waals surface area contributed by atoms with Gasteiger partial charge in [-0.2, -0.15) is 5.26 Å². The number of nitrogens with zero attached hydrogens (tertiary/aromatic N) is 1. The zero-order valence-corrected chi connectivity index (χ0v) is 11.4. The number of benzene rings is 2. The summed E-state index contributed by atoms with van der Waals surface area (Å²) in [5, 5.41) is 8.81. The Kier molecular flexibility index (Phi) is 3.29. The highest BCUT2D eigenvalue weighted by Crippen LogP contribution is 2.36. The summed E-state index contributed by atoms with van der Waals surface area (Å²) in [5.41, 5.74) is 4.00. The van der Waals surface area contributed by atoms with Crippen LogP contribution in [0.3, 0.4) is 0 Å². The number of hydrogen-bond acceptors (Lipinski definition) is 3. The fraction of sp³-hybridized carbons (Fsp3) is 0.111. The summed E-state index contributed by atoms with van der Waals surface area (Å²) in [6.07, 6.45) is 0.270. The van der Waals surface area contributed by atoms with Crippen molar-refractivity contribution in [3.8, 4) is 6.07 Å². The van der Waals surface area contributed by atoms with Crippen LogP contribution in [0.5, 0.6) is 0 Å². The zero-order chi connectivity index (χ0) is 14.8. The molecule has 1 heterocycles. The Balaban J connectivity index is 1.80. The number of fused-ring (bicyclic) bond motifs is 1. The van der Waals surface area contributed by atoms with Gasteiger partial charge in [0.15, 0.2) is 0 Å². The first kappa shape index (κ1) is 13.1. The Labute approximate surface area is 123 Å². The Hall–Kier alpha value is -2.86. The predicted octanol–water partition coefficient (Wildman–Crippen LogP) is 3.87. The lowest BCUT2D eigenvalue weighted by Gasteiger charge is -2.13. The number of rotatable bonds is 3. The van der Waals surface area contributed by atoms with E-state index in [-0.39, 0.29) is 12.1 Å². The molecular weight excluding hydrogens is 262 g/mol. The smallest absolute Gasteiger partial charge is 0.339 e. The van der Waals surface area contributed by atoms with E-state index in [9.17, 15) is 4.79 Å². The minimum absolute atomic E-state index is 0.275. The molecular formula is C18H13NO2. The summed E-state index contributed by atoms with van der Waals surface area (Å²) in [4.78, 5) is 11.8. The molecule has 1 aliphatic heterocycles. The van der Waals surface area contributed by atoms with E-state index in [4.69, 9.17) is 10.00 Å². The van der Waals surface area contributed by atoms with Crippen molar-refractivity contribution in [3.63, 3.8) is 0 Å². The SMILES string of the molecule is C=C(CC1OC(=O)c2ccccc21)c1ccc(C#N)cc1. The quantitative estimate of drug-likeness (QED) is 0.799. The van der Waals surface area contributed by atoms with Gasteiger partial charge in [-0.05, 0) is 29.3 Å². The fourth-order valence-electron chi connectivity index (χ4n) is 2.49. The Morgan fingerprint density at radius 2 is 1.90 bits per heavy atom. The molecule has 0 radical (unpaired) electrons. The second-order valence-corrected chi connectivity index (χ2v) is 4.98. The average molecular weight is 275 g/mol. The van der Waals surface area contributed by atoms with Crippen molar-refractivity contribution >= 4 is 11.5 Å². The maximum Gasteiger partial charge on any atom is 0.339 e. The molecule has 2 aromatic carbocycles. The van der Waals surface area contributed by atoms with Crippen molar-refractivity contribution in [2.75, 3.05) is 0 Å². The molecule has 0 fully saturated rings. The van der Waals surface area contributed by atoms with Gasteiger partial charge in [-0.15, -0.1) is 0 Å². The minimum atomic E-state index is -0.281. The van der Waals surface area contributed by atoms with Crippen LogP contribution in [-0.2, 0) is 4.74 Å². The van der Waals surface area contributed by atoms with E-state index in [2.05, 4.69) is 12.6 Å². The van der Waals surface area contributed by atoms with Gasteiger partial charge in [-0.3, -0.25) is 0 Å². The Morgan fingerprint density at radius 1 is 1.19 bits per heavy atom. The molecule has 1 atom stereocenters. The molecule has 0 aromatic heterocycles. The van der Waals surface area contributed by atoms with Crippen LogP contribution in [0.1, 0.15) is 39.6 Å². The molecule has 1 aliphatic rings. The summed E-state index contributed by atoms with van der Waals surface area (Å²) >= 11 is 0. The molecule has 102 valence electrons. The largest absolute Gasteiger partial charge is 0.454 e. The van der Waals surface area contributed by atoms with E-state index < -0.39 is 0 Å². The normalized spacial score (nSPS) is 16.0. The minimum Gasteiger partial charge on any atom is -0.454 e. The molecule has 1 unspecified atom stereocenters. The van der Waals surface area contributed by atoms with Crippen LogP contribution in [0.25, 0.3) is 5.57 Å². The van der Waals surface area contributed by atoms with Gasteiger partial charge in [0.1, 0.15) is 6.10 Å². The topological polar surface area (TPSA) is 50.1 Å². The Morgan fingerprint density at radius 3 is 2.62 bits per heavy atom. The van der Waals surface area contributed by atoms with Crippen molar-refractivity contribution in [2.45, 2.75) is 12.5 Å². The van der Waals surface area contributed by atoms with Crippen molar-refractivity contribution in [3.05, 3.63) is 77.4 Å². The zero-order valence-electron chi connectivity index (χ0n) is 11.4. The maximum atomic E-state index is 11.8. The van der Waals surface area contributed by atoms with Gasteiger partial charge in [0.05, 0.1) is 17.2 Å². The first-order chi connectivity index (χ1) is 10.2. The summed E-state index contributed by atoms with van der Waals surface area (Å²) in [5.74, 6) is -0.275. The monoisotopic (exact) mass is 275 g/mol. The third-order valence-corrected chi connectivity index (χ3v) is 3.63. The standard InChI is InChI=1S/C18H13NO2/c1-12(14-8-6-13(11-19)7-9-14)10-17-15-4-2-3-5-16(15)18(20)21-17/h2-9,17H,1,10H2. The molecule has 0 spiro atoms. The average Bonchev–Trinajstić information content (AvgIpc) is 2.84. The number of cyclic esters (lactones) is 1. The lowest BCUT2D eigenvalue weighted by atomic mass is 9.96. The van der Waals surface area contributed by atoms with E-state index in [1.54, 1.807) is 18.2 Å². The van der Waals surface area contributed by atoms with Crippen molar-refractivity contribution in [1.29, 1.82) is 5.26 Å². The number of ether oxygens (including phenoxy) is 1. The Bertz CT molecular complexity index is 754. The van der Waals surface area contributed by atoms with Gasteiger partial charge in [0.2, 0.25) is 0 Å². The van der Waals surface area contributed by atoms with Crippen LogP contribution >= 0.6 is 0 Å². The summed E-state index contributed by atoms with van der Waals surface area (Å²) in [6.45, 7) is 4.07. The van der Waals surface area contributed by atoms with Crippen LogP contribution in [-0.4, -0.2) is 5.97 Å². The third-order valence-electron chi connectivity index (χ3n) is 3.63. The molecule has 21 heavy (non-hydrogen) atoms. The molecule has 0 N–H and O–H groups in total. The first-order valence-electron chi connectivity index (χ1n) is 6.67. The summed E-state index contributed by atoms with van der Waals surface area (Å²) in [7, 11) is 0. The number of carbonyl (C=O) groups excluding carboxylic acids is 1. The van der Waals surface area contributed by atoms with Crippen LogP contribution in [0.15, 0.2) is 55.1 Å². The summed E-state index contributed by atoms with van der Waals surface area (Å²) < 4.78 is 5.42. The van der Waals surface area contributed by atoms with Gasteiger partial charge in [-0.25, -0.2) is 4.79 Å². The maximum absolute atomic E-state index is 11.8.